The Balaban J connectivity index is 2.02. The molecule has 2 rings (SSSR count). The highest BCUT2D eigenvalue weighted by Gasteiger charge is 2.28. The van der Waals surface area contributed by atoms with Crippen molar-refractivity contribution in [2.24, 2.45) is 5.92 Å². The highest BCUT2D eigenvalue weighted by atomic mass is 16.5. The molecule has 0 heterocycles. The Hall–Kier alpha value is -2.04. The summed E-state index contributed by atoms with van der Waals surface area (Å²) < 4.78 is 10.8. The molecular weight excluding hydrogens is 284 g/mol. The molecule has 0 aromatic heterocycles. The van der Waals surface area contributed by atoms with Crippen molar-refractivity contribution < 1.29 is 24.2 Å². The molecule has 5 nitrogen and oxygen atoms in total. The van der Waals surface area contributed by atoms with Crippen molar-refractivity contribution in [1.29, 1.82) is 0 Å². The zero-order valence-corrected chi connectivity index (χ0v) is 13.2. The van der Waals surface area contributed by atoms with Crippen LogP contribution in [-0.2, 0) is 9.53 Å². The maximum absolute atomic E-state index is 12.3. The topological polar surface area (TPSA) is 72.8 Å². The van der Waals surface area contributed by atoms with E-state index in [1.54, 1.807) is 19.2 Å². The number of aliphatic carboxylic acids is 1. The van der Waals surface area contributed by atoms with Gasteiger partial charge in [0.2, 0.25) is 0 Å². The van der Waals surface area contributed by atoms with Crippen LogP contribution in [0.3, 0.4) is 0 Å². The SMILES string of the molecule is COc1ccc(C(=O)OC2CCC(C(=O)O)CC2)c(C)c1C. The summed E-state index contributed by atoms with van der Waals surface area (Å²) in [5.74, 6) is -0.663. The Morgan fingerprint density at radius 2 is 1.73 bits per heavy atom. The van der Waals surface area contributed by atoms with E-state index < -0.39 is 5.97 Å². The average Bonchev–Trinajstić information content (AvgIpc) is 2.50. The number of esters is 1. The lowest BCUT2D eigenvalue weighted by Crippen LogP contribution is -2.28. The van der Waals surface area contributed by atoms with E-state index in [0.717, 1.165) is 16.9 Å². The van der Waals surface area contributed by atoms with E-state index in [4.69, 9.17) is 14.6 Å². The summed E-state index contributed by atoms with van der Waals surface area (Å²) in [5.41, 5.74) is 2.31. The summed E-state index contributed by atoms with van der Waals surface area (Å²) in [4.78, 5) is 23.2. The molecule has 0 saturated heterocycles. The first-order valence-electron chi connectivity index (χ1n) is 7.52. The summed E-state index contributed by atoms with van der Waals surface area (Å²) in [6.07, 6.45) is 2.15. The molecule has 1 aromatic rings. The van der Waals surface area contributed by atoms with Crippen LogP contribution in [0.4, 0.5) is 0 Å². The summed E-state index contributed by atoms with van der Waals surface area (Å²) >= 11 is 0. The van der Waals surface area contributed by atoms with Crippen LogP contribution in [0.25, 0.3) is 0 Å². The van der Waals surface area contributed by atoms with Gasteiger partial charge in [-0.2, -0.15) is 0 Å². The Labute approximate surface area is 130 Å². The zero-order valence-electron chi connectivity index (χ0n) is 13.2. The third-order valence-corrected chi connectivity index (χ3v) is 4.47. The first-order valence-corrected chi connectivity index (χ1v) is 7.52. The van der Waals surface area contributed by atoms with Crippen molar-refractivity contribution in [3.63, 3.8) is 0 Å². The zero-order chi connectivity index (χ0) is 16.3. The summed E-state index contributed by atoms with van der Waals surface area (Å²) in [5, 5.41) is 8.98. The molecule has 22 heavy (non-hydrogen) atoms. The van der Waals surface area contributed by atoms with E-state index in [0.29, 0.717) is 31.2 Å². The van der Waals surface area contributed by atoms with Gasteiger partial charge >= 0.3 is 11.9 Å². The second-order valence-electron chi connectivity index (χ2n) is 5.78. The Bertz CT molecular complexity index is 571. The fourth-order valence-corrected chi connectivity index (χ4v) is 2.88. The molecule has 1 aliphatic rings. The fraction of sp³-hybridized carbons (Fsp3) is 0.529. The second-order valence-corrected chi connectivity index (χ2v) is 5.78. The minimum atomic E-state index is -0.758. The number of hydrogen-bond acceptors (Lipinski definition) is 4. The molecule has 0 bridgehead atoms. The van der Waals surface area contributed by atoms with Crippen LogP contribution in [0.5, 0.6) is 5.75 Å². The van der Waals surface area contributed by atoms with Crippen LogP contribution < -0.4 is 4.74 Å². The van der Waals surface area contributed by atoms with Crippen molar-refractivity contribution >= 4 is 11.9 Å². The molecule has 0 atom stereocenters. The molecule has 1 N–H and O–H groups in total. The van der Waals surface area contributed by atoms with Gasteiger partial charge in [0.05, 0.1) is 18.6 Å². The number of carbonyl (C=O) groups excluding carboxylic acids is 1. The van der Waals surface area contributed by atoms with E-state index in [1.807, 2.05) is 13.8 Å². The van der Waals surface area contributed by atoms with Gasteiger partial charge in [-0.1, -0.05) is 0 Å². The van der Waals surface area contributed by atoms with E-state index >= 15 is 0 Å². The number of carboxylic acid groups (broad SMARTS) is 1. The van der Waals surface area contributed by atoms with Gasteiger partial charge in [-0.05, 0) is 62.8 Å². The maximum atomic E-state index is 12.3. The number of ether oxygens (including phenoxy) is 2. The van der Waals surface area contributed by atoms with Crippen molar-refractivity contribution in [3.05, 3.63) is 28.8 Å². The number of hydrogen-bond donors (Lipinski definition) is 1. The number of carboxylic acids is 1. The Kier molecular flexibility index (Phi) is 5.06. The number of carbonyl (C=O) groups is 2. The predicted molar refractivity (Wildman–Crippen MR) is 81.3 cm³/mol. The van der Waals surface area contributed by atoms with Gasteiger partial charge in [0.25, 0.3) is 0 Å². The standard InChI is InChI=1S/C17H22O5/c1-10-11(2)15(21-3)9-8-14(10)17(20)22-13-6-4-12(5-7-13)16(18)19/h8-9,12-13H,4-7H2,1-3H3,(H,18,19). The normalized spacial score (nSPS) is 21.2. The molecule has 0 unspecified atom stereocenters. The van der Waals surface area contributed by atoms with Crippen LogP contribution in [0, 0.1) is 19.8 Å². The summed E-state index contributed by atoms with van der Waals surface area (Å²) in [6.45, 7) is 3.78. The molecule has 5 heteroatoms. The monoisotopic (exact) mass is 306 g/mol. The molecule has 1 fully saturated rings. The maximum Gasteiger partial charge on any atom is 0.338 e. The van der Waals surface area contributed by atoms with Crippen LogP contribution in [0.15, 0.2) is 12.1 Å². The Morgan fingerprint density at radius 3 is 2.27 bits per heavy atom. The number of benzene rings is 1. The molecule has 1 aromatic carbocycles. The molecule has 0 amide bonds. The molecule has 0 radical (unpaired) electrons. The highest BCUT2D eigenvalue weighted by Crippen LogP contribution is 2.29. The van der Waals surface area contributed by atoms with Gasteiger partial charge in [0.15, 0.2) is 0 Å². The summed E-state index contributed by atoms with van der Waals surface area (Å²) in [6, 6.07) is 3.48. The first kappa shape index (κ1) is 16.3. The minimum absolute atomic E-state index is 0.190. The van der Waals surface area contributed by atoms with Crippen molar-refractivity contribution in [2.75, 3.05) is 7.11 Å². The molecule has 0 spiro atoms. The third-order valence-electron chi connectivity index (χ3n) is 4.47. The fourth-order valence-electron chi connectivity index (χ4n) is 2.88. The Morgan fingerprint density at radius 1 is 1.09 bits per heavy atom. The van der Waals surface area contributed by atoms with Crippen LogP contribution in [-0.4, -0.2) is 30.3 Å². The molecular formula is C17H22O5. The van der Waals surface area contributed by atoms with Gasteiger partial charge in [-0.3, -0.25) is 4.79 Å². The van der Waals surface area contributed by atoms with Gasteiger partial charge in [0, 0.05) is 0 Å². The number of methoxy groups -OCH3 is 1. The van der Waals surface area contributed by atoms with E-state index in [9.17, 15) is 9.59 Å². The van der Waals surface area contributed by atoms with Crippen molar-refractivity contribution in [1.82, 2.24) is 0 Å². The first-order chi connectivity index (χ1) is 10.4. The van der Waals surface area contributed by atoms with Gasteiger partial charge < -0.3 is 14.6 Å². The quantitative estimate of drug-likeness (QED) is 0.865. The molecule has 0 aliphatic heterocycles. The average molecular weight is 306 g/mol. The van der Waals surface area contributed by atoms with E-state index in [1.165, 1.54) is 0 Å². The van der Waals surface area contributed by atoms with Gasteiger partial charge in [0.1, 0.15) is 11.9 Å². The van der Waals surface area contributed by atoms with E-state index in [2.05, 4.69) is 0 Å². The highest BCUT2D eigenvalue weighted by molar-refractivity contribution is 5.91. The molecule has 120 valence electrons. The van der Waals surface area contributed by atoms with Gasteiger partial charge in [-0.15, -0.1) is 0 Å². The van der Waals surface area contributed by atoms with Crippen molar-refractivity contribution in [3.8, 4) is 5.75 Å². The molecule has 1 saturated carbocycles. The minimum Gasteiger partial charge on any atom is -0.496 e. The predicted octanol–water partition coefficient (Wildman–Crippen LogP) is 3.11. The molecule has 1 aliphatic carbocycles. The second kappa shape index (κ2) is 6.81. The van der Waals surface area contributed by atoms with Crippen molar-refractivity contribution in [2.45, 2.75) is 45.6 Å². The lowest BCUT2D eigenvalue weighted by Gasteiger charge is -2.26. The van der Waals surface area contributed by atoms with Gasteiger partial charge in [-0.25, -0.2) is 4.79 Å². The summed E-state index contributed by atoms with van der Waals surface area (Å²) in [7, 11) is 1.60. The smallest absolute Gasteiger partial charge is 0.338 e. The van der Waals surface area contributed by atoms with Crippen LogP contribution in [0.2, 0.25) is 0 Å². The lowest BCUT2D eigenvalue weighted by molar-refractivity contribution is -0.143. The van der Waals surface area contributed by atoms with Crippen LogP contribution in [0.1, 0.15) is 47.2 Å². The van der Waals surface area contributed by atoms with E-state index in [-0.39, 0.29) is 18.0 Å². The third kappa shape index (κ3) is 3.40. The largest absolute Gasteiger partial charge is 0.496 e. The number of rotatable bonds is 4. The van der Waals surface area contributed by atoms with Crippen LogP contribution >= 0.6 is 0 Å². The lowest BCUT2D eigenvalue weighted by atomic mass is 9.87.